The summed E-state index contributed by atoms with van der Waals surface area (Å²) in [7, 11) is 1.80. The normalized spacial score (nSPS) is 14.2. The minimum absolute atomic E-state index is 0.322. The van der Waals surface area contributed by atoms with Crippen molar-refractivity contribution >= 4 is 23.4 Å². The third-order valence-electron chi connectivity index (χ3n) is 3.70. The van der Waals surface area contributed by atoms with Crippen molar-refractivity contribution in [2.24, 2.45) is 7.05 Å². The number of rotatable bonds is 3. The molecular weight excluding hydrogens is 280 g/mol. The van der Waals surface area contributed by atoms with Crippen LogP contribution in [0.5, 0.6) is 0 Å². The molecule has 1 aliphatic heterocycles. The van der Waals surface area contributed by atoms with Crippen LogP contribution in [0, 0.1) is 6.92 Å². The molecule has 0 radical (unpaired) electrons. The van der Waals surface area contributed by atoms with Crippen LogP contribution in [0.15, 0.2) is 24.4 Å². The Morgan fingerprint density at radius 2 is 1.95 bits per heavy atom. The second-order valence-corrected chi connectivity index (χ2v) is 5.45. The molecule has 0 spiro atoms. The van der Waals surface area contributed by atoms with Crippen molar-refractivity contribution in [1.29, 1.82) is 0 Å². The summed E-state index contributed by atoms with van der Waals surface area (Å²) in [5.41, 5.74) is 1.51. The van der Waals surface area contributed by atoms with Crippen molar-refractivity contribution < 1.29 is 4.79 Å². The molecule has 1 fully saturated rings. The molecule has 116 valence electrons. The number of anilines is 3. The van der Waals surface area contributed by atoms with Gasteiger partial charge in [-0.3, -0.25) is 10.00 Å². The average Bonchev–Trinajstić information content (AvgIpc) is 3.13. The molecule has 0 aromatic carbocycles. The second-order valence-electron chi connectivity index (χ2n) is 5.45. The van der Waals surface area contributed by atoms with Crippen LogP contribution < -0.4 is 15.5 Å². The molecule has 0 aliphatic carbocycles. The SMILES string of the molecule is Cc1nc(N2CCCC2)ccc1NC(=O)Nc1ccn(C)n1. The number of amides is 2. The van der Waals surface area contributed by atoms with E-state index in [1.54, 1.807) is 24.0 Å². The van der Waals surface area contributed by atoms with Gasteiger partial charge in [-0.2, -0.15) is 5.10 Å². The third kappa shape index (κ3) is 3.19. The predicted octanol–water partition coefficient (Wildman–Crippen LogP) is 2.37. The second kappa shape index (κ2) is 6.05. The van der Waals surface area contributed by atoms with Gasteiger partial charge in [0.2, 0.25) is 0 Å². The summed E-state index contributed by atoms with van der Waals surface area (Å²) in [5, 5.41) is 9.60. The van der Waals surface area contributed by atoms with Gasteiger partial charge in [0.05, 0.1) is 11.4 Å². The number of aryl methyl sites for hydroxylation is 2. The lowest BCUT2D eigenvalue weighted by Gasteiger charge is -2.18. The first-order chi connectivity index (χ1) is 10.6. The molecule has 7 nitrogen and oxygen atoms in total. The van der Waals surface area contributed by atoms with Crippen molar-refractivity contribution in [3.05, 3.63) is 30.1 Å². The van der Waals surface area contributed by atoms with Gasteiger partial charge in [-0.15, -0.1) is 0 Å². The molecule has 0 unspecified atom stereocenters. The summed E-state index contributed by atoms with van der Waals surface area (Å²) in [4.78, 5) is 18.8. The van der Waals surface area contributed by atoms with Gasteiger partial charge in [-0.1, -0.05) is 0 Å². The zero-order chi connectivity index (χ0) is 15.5. The van der Waals surface area contributed by atoms with Crippen LogP contribution in [0.4, 0.5) is 22.1 Å². The number of urea groups is 1. The number of pyridine rings is 1. The van der Waals surface area contributed by atoms with Crippen molar-refractivity contribution in [3.63, 3.8) is 0 Å². The molecule has 2 amide bonds. The van der Waals surface area contributed by atoms with Gasteiger partial charge in [0.1, 0.15) is 5.82 Å². The highest BCUT2D eigenvalue weighted by Crippen LogP contribution is 2.22. The number of hydrogen-bond acceptors (Lipinski definition) is 4. The Kier molecular flexibility index (Phi) is 3.95. The van der Waals surface area contributed by atoms with Crippen molar-refractivity contribution in [3.8, 4) is 0 Å². The van der Waals surface area contributed by atoms with Crippen LogP contribution >= 0.6 is 0 Å². The van der Waals surface area contributed by atoms with Crippen LogP contribution in [0.1, 0.15) is 18.5 Å². The number of aromatic nitrogens is 3. The Morgan fingerprint density at radius 3 is 2.59 bits per heavy atom. The van der Waals surface area contributed by atoms with E-state index in [0.717, 1.165) is 24.6 Å². The zero-order valence-electron chi connectivity index (χ0n) is 12.8. The van der Waals surface area contributed by atoms with E-state index < -0.39 is 0 Å². The van der Waals surface area contributed by atoms with Crippen LogP contribution in [0.2, 0.25) is 0 Å². The summed E-state index contributed by atoms with van der Waals surface area (Å²) in [6.07, 6.45) is 4.20. The van der Waals surface area contributed by atoms with Crippen LogP contribution in [-0.2, 0) is 7.05 Å². The Morgan fingerprint density at radius 1 is 1.18 bits per heavy atom. The molecule has 3 rings (SSSR count). The Hall–Kier alpha value is -2.57. The molecule has 7 heteroatoms. The summed E-state index contributed by atoms with van der Waals surface area (Å²) >= 11 is 0. The minimum atomic E-state index is -0.322. The largest absolute Gasteiger partial charge is 0.357 e. The van der Waals surface area contributed by atoms with E-state index in [0.29, 0.717) is 11.5 Å². The van der Waals surface area contributed by atoms with E-state index in [9.17, 15) is 4.79 Å². The standard InChI is InChI=1S/C15H20N6O/c1-11-12(5-6-14(16-11)21-8-3-4-9-21)17-15(22)18-13-7-10-20(2)19-13/h5-7,10H,3-4,8-9H2,1-2H3,(H2,17,18,19,22). The molecule has 2 aromatic heterocycles. The highest BCUT2D eigenvalue weighted by molar-refractivity contribution is 5.99. The van der Waals surface area contributed by atoms with Gasteiger partial charge in [-0.05, 0) is 31.9 Å². The van der Waals surface area contributed by atoms with Gasteiger partial charge in [0.25, 0.3) is 0 Å². The lowest BCUT2D eigenvalue weighted by molar-refractivity contribution is 0.262. The highest BCUT2D eigenvalue weighted by atomic mass is 16.2. The number of carbonyl (C=O) groups excluding carboxylic acids is 1. The summed E-state index contributed by atoms with van der Waals surface area (Å²) in [6.45, 7) is 4.01. The zero-order valence-corrected chi connectivity index (χ0v) is 12.8. The van der Waals surface area contributed by atoms with E-state index in [1.165, 1.54) is 12.8 Å². The Bertz CT molecular complexity index is 674. The maximum atomic E-state index is 12.0. The number of nitrogens with zero attached hydrogens (tertiary/aromatic N) is 4. The van der Waals surface area contributed by atoms with E-state index >= 15 is 0 Å². The maximum Gasteiger partial charge on any atom is 0.324 e. The highest BCUT2D eigenvalue weighted by Gasteiger charge is 2.15. The predicted molar refractivity (Wildman–Crippen MR) is 86.3 cm³/mol. The maximum absolute atomic E-state index is 12.0. The molecule has 0 bridgehead atoms. The van der Waals surface area contributed by atoms with Crippen LogP contribution in [0.3, 0.4) is 0 Å². The minimum Gasteiger partial charge on any atom is -0.357 e. The van der Waals surface area contributed by atoms with Gasteiger partial charge >= 0.3 is 6.03 Å². The number of hydrogen-bond donors (Lipinski definition) is 2. The van der Waals surface area contributed by atoms with Gasteiger partial charge < -0.3 is 10.2 Å². The first-order valence-electron chi connectivity index (χ1n) is 7.42. The lowest BCUT2D eigenvalue weighted by atomic mass is 10.3. The summed E-state index contributed by atoms with van der Waals surface area (Å²) < 4.78 is 1.63. The Labute approximate surface area is 129 Å². The van der Waals surface area contributed by atoms with Crippen LogP contribution in [0.25, 0.3) is 0 Å². The van der Waals surface area contributed by atoms with Crippen molar-refractivity contribution in [1.82, 2.24) is 14.8 Å². The topological polar surface area (TPSA) is 75.1 Å². The monoisotopic (exact) mass is 300 g/mol. The van der Waals surface area contributed by atoms with Crippen LogP contribution in [-0.4, -0.2) is 33.9 Å². The third-order valence-corrected chi connectivity index (χ3v) is 3.70. The molecule has 2 N–H and O–H groups in total. The van der Waals surface area contributed by atoms with Gasteiger partial charge in [0.15, 0.2) is 5.82 Å². The average molecular weight is 300 g/mol. The molecule has 0 saturated carbocycles. The molecule has 3 heterocycles. The van der Waals surface area contributed by atoms with E-state index in [2.05, 4.69) is 25.6 Å². The fraction of sp³-hybridized carbons (Fsp3) is 0.400. The lowest BCUT2D eigenvalue weighted by Crippen LogP contribution is -2.22. The van der Waals surface area contributed by atoms with Gasteiger partial charge in [-0.25, -0.2) is 9.78 Å². The van der Waals surface area contributed by atoms with E-state index in [-0.39, 0.29) is 6.03 Å². The fourth-order valence-electron chi connectivity index (χ4n) is 2.55. The first-order valence-corrected chi connectivity index (χ1v) is 7.42. The fourth-order valence-corrected chi connectivity index (χ4v) is 2.55. The summed E-state index contributed by atoms with van der Waals surface area (Å²) in [6, 6.07) is 5.27. The quantitative estimate of drug-likeness (QED) is 0.912. The smallest absolute Gasteiger partial charge is 0.324 e. The Balaban J connectivity index is 1.65. The molecule has 22 heavy (non-hydrogen) atoms. The molecule has 2 aromatic rings. The molecule has 0 atom stereocenters. The molecule has 1 saturated heterocycles. The summed E-state index contributed by atoms with van der Waals surface area (Å²) in [5.74, 6) is 1.49. The molecule has 1 aliphatic rings. The van der Waals surface area contributed by atoms with E-state index in [1.807, 2.05) is 19.1 Å². The number of nitrogens with one attached hydrogen (secondary N) is 2. The first kappa shape index (κ1) is 14.4. The molecular formula is C15H20N6O. The van der Waals surface area contributed by atoms with Crippen molar-refractivity contribution in [2.75, 3.05) is 28.6 Å². The van der Waals surface area contributed by atoms with Crippen molar-refractivity contribution in [2.45, 2.75) is 19.8 Å². The van der Waals surface area contributed by atoms with Gasteiger partial charge in [0, 0.05) is 32.4 Å². The van der Waals surface area contributed by atoms with E-state index in [4.69, 9.17) is 0 Å². The number of carbonyl (C=O) groups is 1.